The SMILES string of the molecule is CCc1cccc(CC)c1-n1nnnc1CCC(=O)Nc1cc(C)nn1Cc1ccc(OC)cc1. The fourth-order valence-corrected chi connectivity index (χ4v) is 4.12. The maximum atomic E-state index is 12.9. The first kappa shape index (κ1) is 24.1. The van der Waals surface area contributed by atoms with Crippen molar-refractivity contribution < 1.29 is 9.53 Å². The Hall–Kier alpha value is -4.01. The second-order valence-corrected chi connectivity index (χ2v) is 8.36. The van der Waals surface area contributed by atoms with Gasteiger partial charge in [0.25, 0.3) is 0 Å². The molecule has 0 spiro atoms. The molecule has 0 saturated heterocycles. The van der Waals surface area contributed by atoms with E-state index in [9.17, 15) is 4.79 Å². The molecular weight excluding hydrogens is 442 g/mol. The zero-order valence-corrected chi connectivity index (χ0v) is 20.7. The molecule has 4 aromatic rings. The van der Waals surface area contributed by atoms with Gasteiger partial charge in [-0.2, -0.15) is 9.78 Å². The summed E-state index contributed by atoms with van der Waals surface area (Å²) in [5.74, 6) is 2.01. The van der Waals surface area contributed by atoms with Crippen molar-refractivity contribution in [3.05, 3.63) is 76.7 Å². The van der Waals surface area contributed by atoms with Crippen molar-refractivity contribution in [2.24, 2.45) is 0 Å². The number of rotatable bonds is 10. The van der Waals surface area contributed by atoms with Crippen molar-refractivity contribution in [3.63, 3.8) is 0 Å². The number of nitrogens with one attached hydrogen (secondary N) is 1. The molecule has 0 aliphatic carbocycles. The van der Waals surface area contributed by atoms with Crippen molar-refractivity contribution in [1.82, 2.24) is 30.0 Å². The molecule has 0 radical (unpaired) electrons. The van der Waals surface area contributed by atoms with Crippen LogP contribution in [0.15, 0.2) is 48.5 Å². The number of para-hydroxylation sites is 1. The summed E-state index contributed by atoms with van der Waals surface area (Å²) in [5.41, 5.74) is 5.28. The van der Waals surface area contributed by atoms with Gasteiger partial charge in [0, 0.05) is 18.9 Å². The van der Waals surface area contributed by atoms with Crippen molar-refractivity contribution in [3.8, 4) is 11.4 Å². The second-order valence-electron chi connectivity index (χ2n) is 8.36. The van der Waals surface area contributed by atoms with E-state index in [0.29, 0.717) is 24.6 Å². The van der Waals surface area contributed by atoms with Gasteiger partial charge in [0.15, 0.2) is 5.82 Å². The highest BCUT2D eigenvalue weighted by atomic mass is 16.5. The molecule has 2 aromatic carbocycles. The van der Waals surface area contributed by atoms with Gasteiger partial charge in [0.05, 0.1) is 25.0 Å². The first-order chi connectivity index (χ1) is 17.0. The van der Waals surface area contributed by atoms with Crippen LogP contribution in [0.4, 0.5) is 5.82 Å². The summed E-state index contributed by atoms with van der Waals surface area (Å²) in [6, 6.07) is 15.9. The van der Waals surface area contributed by atoms with E-state index in [0.717, 1.165) is 35.5 Å². The molecule has 0 aliphatic rings. The van der Waals surface area contributed by atoms with Gasteiger partial charge in [-0.1, -0.05) is 44.2 Å². The molecule has 182 valence electrons. The number of benzene rings is 2. The number of aryl methyl sites for hydroxylation is 4. The number of ether oxygens (including phenoxy) is 1. The molecule has 0 aliphatic heterocycles. The third-order valence-corrected chi connectivity index (χ3v) is 5.95. The predicted molar refractivity (Wildman–Crippen MR) is 134 cm³/mol. The van der Waals surface area contributed by atoms with Crippen LogP contribution in [-0.2, 0) is 30.6 Å². The van der Waals surface area contributed by atoms with Crippen LogP contribution in [0.2, 0.25) is 0 Å². The third kappa shape index (κ3) is 5.56. The predicted octanol–water partition coefficient (Wildman–Crippen LogP) is 3.92. The molecule has 0 saturated carbocycles. The topological polar surface area (TPSA) is 99.8 Å². The first-order valence-corrected chi connectivity index (χ1v) is 11.9. The minimum Gasteiger partial charge on any atom is -0.497 e. The van der Waals surface area contributed by atoms with E-state index < -0.39 is 0 Å². The van der Waals surface area contributed by atoms with Crippen molar-refractivity contribution in [2.45, 2.75) is 53.0 Å². The smallest absolute Gasteiger partial charge is 0.225 e. The number of tetrazole rings is 1. The molecule has 2 heterocycles. The van der Waals surface area contributed by atoms with Crippen molar-refractivity contribution in [1.29, 1.82) is 0 Å². The van der Waals surface area contributed by atoms with E-state index in [1.54, 1.807) is 16.5 Å². The quantitative estimate of drug-likeness (QED) is 0.375. The van der Waals surface area contributed by atoms with Gasteiger partial charge >= 0.3 is 0 Å². The van der Waals surface area contributed by atoms with Gasteiger partial charge in [-0.15, -0.1) is 5.10 Å². The Balaban J connectivity index is 1.45. The van der Waals surface area contributed by atoms with Crippen LogP contribution in [0.25, 0.3) is 5.69 Å². The molecule has 2 aromatic heterocycles. The molecule has 0 bridgehead atoms. The Morgan fingerprint density at radius 3 is 2.43 bits per heavy atom. The first-order valence-electron chi connectivity index (χ1n) is 11.9. The molecule has 0 fully saturated rings. The second kappa shape index (κ2) is 10.9. The number of aromatic nitrogens is 6. The van der Waals surface area contributed by atoms with E-state index in [-0.39, 0.29) is 12.3 Å². The van der Waals surface area contributed by atoms with Gasteiger partial charge in [-0.3, -0.25) is 4.79 Å². The largest absolute Gasteiger partial charge is 0.497 e. The van der Waals surface area contributed by atoms with Gasteiger partial charge in [0.1, 0.15) is 11.6 Å². The van der Waals surface area contributed by atoms with Crippen LogP contribution in [0, 0.1) is 6.92 Å². The molecule has 1 N–H and O–H groups in total. The van der Waals surface area contributed by atoms with Crippen LogP contribution in [-0.4, -0.2) is 43.0 Å². The Kier molecular flexibility index (Phi) is 7.54. The fourth-order valence-electron chi connectivity index (χ4n) is 4.12. The molecule has 0 atom stereocenters. The summed E-state index contributed by atoms with van der Waals surface area (Å²) < 4.78 is 8.80. The summed E-state index contributed by atoms with van der Waals surface area (Å²) in [6.07, 6.45) is 2.43. The van der Waals surface area contributed by atoms with E-state index in [4.69, 9.17) is 4.74 Å². The molecular formula is C26H31N7O2. The number of methoxy groups -OCH3 is 1. The van der Waals surface area contributed by atoms with Gasteiger partial charge in [0.2, 0.25) is 5.91 Å². The number of amides is 1. The van der Waals surface area contributed by atoms with E-state index in [2.05, 4.69) is 58.0 Å². The molecule has 4 rings (SSSR count). The summed E-state index contributed by atoms with van der Waals surface area (Å²) >= 11 is 0. The number of anilines is 1. The van der Waals surface area contributed by atoms with Crippen LogP contribution in [0.3, 0.4) is 0 Å². The highest BCUT2D eigenvalue weighted by molar-refractivity contribution is 5.90. The molecule has 9 nitrogen and oxygen atoms in total. The van der Waals surface area contributed by atoms with Crippen LogP contribution < -0.4 is 10.1 Å². The van der Waals surface area contributed by atoms with Crippen LogP contribution >= 0.6 is 0 Å². The molecule has 9 heteroatoms. The zero-order chi connectivity index (χ0) is 24.8. The average molecular weight is 474 g/mol. The molecule has 35 heavy (non-hydrogen) atoms. The van der Waals surface area contributed by atoms with E-state index >= 15 is 0 Å². The summed E-state index contributed by atoms with van der Waals surface area (Å²) in [4.78, 5) is 12.9. The number of hydrogen-bond donors (Lipinski definition) is 1. The normalized spacial score (nSPS) is 11.0. The highest BCUT2D eigenvalue weighted by Crippen LogP contribution is 2.22. The van der Waals surface area contributed by atoms with Gasteiger partial charge in [-0.25, -0.2) is 4.68 Å². The zero-order valence-electron chi connectivity index (χ0n) is 20.7. The lowest BCUT2D eigenvalue weighted by molar-refractivity contribution is -0.116. The van der Waals surface area contributed by atoms with Gasteiger partial charge < -0.3 is 10.1 Å². The average Bonchev–Trinajstić information content (AvgIpc) is 3.48. The highest BCUT2D eigenvalue weighted by Gasteiger charge is 2.17. The molecule has 1 amide bonds. The molecule has 0 unspecified atom stereocenters. The lowest BCUT2D eigenvalue weighted by Crippen LogP contribution is -2.18. The summed E-state index contributed by atoms with van der Waals surface area (Å²) in [5, 5.41) is 19.9. The van der Waals surface area contributed by atoms with Crippen molar-refractivity contribution in [2.75, 3.05) is 12.4 Å². The van der Waals surface area contributed by atoms with E-state index in [1.807, 2.05) is 37.3 Å². The minimum atomic E-state index is -0.116. The number of carbonyl (C=O) groups excluding carboxylic acids is 1. The Bertz CT molecular complexity index is 1270. The maximum absolute atomic E-state index is 12.9. The Morgan fingerprint density at radius 2 is 1.77 bits per heavy atom. The maximum Gasteiger partial charge on any atom is 0.225 e. The van der Waals surface area contributed by atoms with Crippen LogP contribution in [0.5, 0.6) is 5.75 Å². The van der Waals surface area contributed by atoms with Crippen LogP contribution in [0.1, 0.15) is 48.5 Å². The summed E-state index contributed by atoms with van der Waals surface area (Å²) in [7, 11) is 1.64. The monoisotopic (exact) mass is 473 g/mol. The number of carbonyl (C=O) groups is 1. The van der Waals surface area contributed by atoms with Crippen molar-refractivity contribution >= 4 is 11.7 Å². The minimum absolute atomic E-state index is 0.116. The lowest BCUT2D eigenvalue weighted by Gasteiger charge is -2.14. The Morgan fingerprint density at radius 1 is 1.06 bits per heavy atom. The summed E-state index contributed by atoms with van der Waals surface area (Å²) in [6.45, 7) is 6.68. The van der Waals surface area contributed by atoms with Gasteiger partial charge in [-0.05, 0) is 59.0 Å². The standard InChI is InChI=1S/C26H31N7O2/c1-5-20-8-7-9-21(6-2)26(20)33-23(28-30-31-33)14-15-25(34)27-24-16-18(3)29-32(24)17-19-10-12-22(35-4)13-11-19/h7-13,16H,5-6,14-15,17H2,1-4H3,(H,27,34). The van der Waals surface area contributed by atoms with E-state index in [1.165, 1.54) is 11.1 Å². The number of nitrogens with zero attached hydrogens (tertiary/aromatic N) is 6. The third-order valence-electron chi connectivity index (χ3n) is 5.95. The lowest BCUT2D eigenvalue weighted by atomic mass is 10.0. The fraction of sp³-hybridized carbons (Fsp3) is 0.346. The Labute approximate surface area is 205 Å². The number of hydrogen-bond acceptors (Lipinski definition) is 6.